The molecule has 0 saturated heterocycles. The van der Waals surface area contributed by atoms with Gasteiger partial charge in [0, 0.05) is 12.8 Å². The van der Waals surface area contributed by atoms with Crippen LogP contribution < -0.4 is 0 Å². The first-order valence-corrected chi connectivity index (χ1v) is 7.12. The third kappa shape index (κ3) is 13.6. The van der Waals surface area contributed by atoms with Crippen LogP contribution in [-0.2, 0) is 4.79 Å². The van der Waals surface area contributed by atoms with Gasteiger partial charge in [-0.25, -0.2) is 0 Å². The van der Waals surface area contributed by atoms with E-state index in [1.165, 1.54) is 25.7 Å². The van der Waals surface area contributed by atoms with E-state index < -0.39 is 0 Å². The highest BCUT2D eigenvalue weighted by atomic mass is 16.1. The Hall–Kier alpha value is -0.330. The number of Topliss-reactive ketones (excluding diaryl/α,β-unsaturated/α-hetero) is 1. The maximum absolute atomic E-state index is 11.7. The molecule has 1 heteroatoms. The molecule has 0 aliphatic heterocycles. The summed E-state index contributed by atoms with van der Waals surface area (Å²) in [5, 5.41) is 0. The molecule has 0 unspecified atom stereocenters. The minimum absolute atomic E-state index is 0.156. The number of ketones is 1. The molecule has 0 bridgehead atoms. The van der Waals surface area contributed by atoms with Crippen molar-refractivity contribution in [3.05, 3.63) is 0 Å². The summed E-state index contributed by atoms with van der Waals surface area (Å²) in [6.45, 7) is 13.3. The lowest BCUT2D eigenvalue weighted by Crippen LogP contribution is -2.12. The molecule has 0 fully saturated rings. The maximum Gasteiger partial charge on any atom is 0.133 e. The molecule has 102 valence electrons. The van der Waals surface area contributed by atoms with Gasteiger partial charge in [0.15, 0.2) is 0 Å². The summed E-state index contributed by atoms with van der Waals surface area (Å²) < 4.78 is 0. The van der Waals surface area contributed by atoms with E-state index in [-0.39, 0.29) is 5.41 Å². The van der Waals surface area contributed by atoms with Gasteiger partial charge in [-0.2, -0.15) is 0 Å². The summed E-state index contributed by atoms with van der Waals surface area (Å²) in [5.41, 5.74) is 0.616. The van der Waals surface area contributed by atoms with Crippen molar-refractivity contribution in [1.82, 2.24) is 0 Å². The number of unbranched alkanes of at least 4 members (excludes halogenated alkanes) is 3. The van der Waals surface area contributed by atoms with E-state index in [2.05, 4.69) is 41.5 Å². The fourth-order valence-corrected chi connectivity index (χ4v) is 2.01. The predicted molar refractivity (Wildman–Crippen MR) is 76.2 cm³/mol. The summed E-state index contributed by atoms with van der Waals surface area (Å²) in [4.78, 5) is 11.7. The lowest BCUT2D eigenvalue weighted by Gasteiger charge is -2.18. The van der Waals surface area contributed by atoms with Gasteiger partial charge in [0.25, 0.3) is 0 Å². The molecule has 0 rings (SSSR count). The molecule has 0 aliphatic rings. The van der Waals surface area contributed by atoms with Crippen LogP contribution in [0, 0.1) is 10.8 Å². The smallest absolute Gasteiger partial charge is 0.133 e. The van der Waals surface area contributed by atoms with E-state index in [1.807, 2.05) is 0 Å². The van der Waals surface area contributed by atoms with Crippen molar-refractivity contribution in [2.24, 2.45) is 10.8 Å². The van der Waals surface area contributed by atoms with Gasteiger partial charge < -0.3 is 0 Å². The number of hydrogen-bond acceptors (Lipinski definition) is 1. The van der Waals surface area contributed by atoms with Crippen molar-refractivity contribution in [3.63, 3.8) is 0 Å². The number of rotatable bonds is 7. The average Bonchev–Trinajstić information content (AvgIpc) is 2.06. The molecular weight excluding hydrogens is 208 g/mol. The highest BCUT2D eigenvalue weighted by Crippen LogP contribution is 2.23. The van der Waals surface area contributed by atoms with Crippen LogP contribution in [0.1, 0.15) is 86.5 Å². The summed E-state index contributed by atoms with van der Waals surface area (Å²) in [5.74, 6) is 0.438. The van der Waals surface area contributed by atoms with Crippen LogP contribution in [0.15, 0.2) is 0 Å². The number of carbonyl (C=O) groups excluding carboxylic acids is 1. The minimum Gasteiger partial charge on any atom is -0.300 e. The fourth-order valence-electron chi connectivity index (χ4n) is 2.01. The molecular formula is C16H32O. The molecule has 0 aromatic heterocycles. The average molecular weight is 240 g/mol. The monoisotopic (exact) mass is 240 g/mol. The Bertz CT molecular complexity index is 215. The van der Waals surface area contributed by atoms with E-state index in [0.29, 0.717) is 11.2 Å². The van der Waals surface area contributed by atoms with E-state index in [1.54, 1.807) is 0 Å². The van der Waals surface area contributed by atoms with E-state index in [9.17, 15) is 4.79 Å². The second-order valence-corrected chi connectivity index (χ2v) is 7.75. The molecule has 0 aromatic carbocycles. The van der Waals surface area contributed by atoms with Crippen molar-refractivity contribution in [2.75, 3.05) is 0 Å². The van der Waals surface area contributed by atoms with E-state index in [4.69, 9.17) is 0 Å². The quantitative estimate of drug-likeness (QED) is 0.546. The molecule has 0 heterocycles. The molecule has 0 radical (unpaired) electrons. The summed E-state index contributed by atoms with van der Waals surface area (Å²) in [6, 6.07) is 0. The normalized spacial score (nSPS) is 12.8. The zero-order chi connectivity index (χ0) is 13.5. The van der Waals surface area contributed by atoms with Crippen molar-refractivity contribution < 1.29 is 4.79 Å². The Morgan fingerprint density at radius 3 is 1.76 bits per heavy atom. The summed E-state index contributed by atoms with van der Waals surface area (Å²) in [6.07, 6.45) is 7.69. The van der Waals surface area contributed by atoms with Gasteiger partial charge in [-0.3, -0.25) is 4.79 Å². The first-order valence-electron chi connectivity index (χ1n) is 7.12. The lowest BCUT2D eigenvalue weighted by molar-refractivity contribution is -0.120. The van der Waals surface area contributed by atoms with Gasteiger partial charge in [-0.15, -0.1) is 0 Å². The molecule has 0 saturated carbocycles. The fraction of sp³-hybridized carbons (Fsp3) is 0.938. The zero-order valence-corrected chi connectivity index (χ0v) is 12.9. The van der Waals surface area contributed by atoms with Crippen LogP contribution in [0.2, 0.25) is 0 Å². The minimum atomic E-state index is 0.156. The number of hydrogen-bond donors (Lipinski definition) is 0. The van der Waals surface area contributed by atoms with Crippen LogP contribution in [-0.4, -0.2) is 5.78 Å². The van der Waals surface area contributed by atoms with Crippen LogP contribution in [0.5, 0.6) is 0 Å². The van der Waals surface area contributed by atoms with Crippen LogP contribution >= 0.6 is 0 Å². The highest BCUT2D eigenvalue weighted by Gasteiger charge is 2.15. The lowest BCUT2D eigenvalue weighted by atomic mass is 9.88. The first-order chi connectivity index (χ1) is 7.60. The predicted octanol–water partition coefficient (Wildman–Crippen LogP) is 5.38. The van der Waals surface area contributed by atoms with Gasteiger partial charge >= 0.3 is 0 Å². The van der Waals surface area contributed by atoms with Gasteiger partial charge in [0.2, 0.25) is 0 Å². The molecule has 17 heavy (non-hydrogen) atoms. The van der Waals surface area contributed by atoms with Gasteiger partial charge in [0.1, 0.15) is 5.78 Å². The largest absolute Gasteiger partial charge is 0.300 e. The van der Waals surface area contributed by atoms with Gasteiger partial charge in [0.05, 0.1) is 0 Å². The van der Waals surface area contributed by atoms with Crippen LogP contribution in [0.4, 0.5) is 0 Å². The highest BCUT2D eigenvalue weighted by molar-refractivity contribution is 5.78. The van der Waals surface area contributed by atoms with E-state index in [0.717, 1.165) is 19.3 Å². The third-order valence-corrected chi connectivity index (χ3v) is 2.86. The number of carbonyl (C=O) groups is 1. The molecule has 0 aromatic rings. The van der Waals surface area contributed by atoms with E-state index >= 15 is 0 Å². The topological polar surface area (TPSA) is 17.1 Å². The maximum atomic E-state index is 11.7. The molecule has 0 spiro atoms. The second kappa shape index (κ2) is 7.18. The van der Waals surface area contributed by atoms with Gasteiger partial charge in [-0.05, 0) is 23.7 Å². The Morgan fingerprint density at radius 1 is 0.765 bits per heavy atom. The molecule has 1 nitrogen and oxygen atoms in total. The van der Waals surface area contributed by atoms with Crippen LogP contribution in [0.3, 0.4) is 0 Å². The standard InChI is InChI=1S/C16H32O/c1-15(2,3)12-10-8-7-9-11-14(17)13-16(4,5)6/h7-13H2,1-6H3. The first kappa shape index (κ1) is 16.7. The SMILES string of the molecule is CC(C)(C)CCCCCCC(=O)CC(C)(C)C. The van der Waals surface area contributed by atoms with Crippen molar-refractivity contribution in [3.8, 4) is 0 Å². The molecule has 0 aliphatic carbocycles. The Balaban J connectivity index is 3.44. The van der Waals surface area contributed by atoms with Crippen molar-refractivity contribution in [2.45, 2.75) is 86.5 Å². The Kier molecular flexibility index (Phi) is 7.04. The van der Waals surface area contributed by atoms with Crippen LogP contribution in [0.25, 0.3) is 0 Å². The second-order valence-electron chi connectivity index (χ2n) is 7.75. The third-order valence-electron chi connectivity index (χ3n) is 2.86. The van der Waals surface area contributed by atoms with Gasteiger partial charge in [-0.1, -0.05) is 60.8 Å². The Labute approximate surface area is 108 Å². The molecule has 0 N–H and O–H groups in total. The summed E-state index contributed by atoms with van der Waals surface area (Å²) in [7, 11) is 0. The zero-order valence-electron chi connectivity index (χ0n) is 12.9. The Morgan fingerprint density at radius 2 is 1.29 bits per heavy atom. The summed E-state index contributed by atoms with van der Waals surface area (Å²) >= 11 is 0. The molecule has 0 amide bonds. The molecule has 0 atom stereocenters. The van der Waals surface area contributed by atoms with Crippen molar-refractivity contribution in [1.29, 1.82) is 0 Å². The van der Waals surface area contributed by atoms with Crippen molar-refractivity contribution >= 4 is 5.78 Å².